The van der Waals surface area contributed by atoms with Crippen LogP contribution < -0.4 is 10.6 Å². The lowest BCUT2D eigenvalue weighted by molar-refractivity contribution is 0.0698. The van der Waals surface area contributed by atoms with Crippen LogP contribution in [0, 0.1) is 6.92 Å². The Balaban J connectivity index is 2.18. The quantitative estimate of drug-likeness (QED) is 0.781. The normalized spacial score (nSPS) is 10.0. The number of hydrogen-bond donors (Lipinski definition) is 3. The number of hydrogen-bond acceptors (Lipinski definition) is 2. The molecule has 0 bridgehead atoms. The largest absolute Gasteiger partial charge is 0.478 e. The molecule has 2 rings (SSSR count). The van der Waals surface area contributed by atoms with Crippen molar-refractivity contribution in [1.82, 2.24) is 0 Å². The zero-order chi connectivity index (χ0) is 15.4. The summed E-state index contributed by atoms with van der Waals surface area (Å²) >= 11 is 3.25. The van der Waals surface area contributed by atoms with E-state index in [4.69, 9.17) is 5.11 Å². The molecule has 0 fully saturated rings. The number of benzene rings is 2. The number of halogens is 1. The molecule has 0 radical (unpaired) electrons. The van der Waals surface area contributed by atoms with Crippen molar-refractivity contribution in [2.24, 2.45) is 0 Å². The number of carboxylic acid groups (broad SMARTS) is 1. The van der Waals surface area contributed by atoms with Crippen molar-refractivity contribution in [3.63, 3.8) is 0 Å². The second-order valence-electron chi connectivity index (χ2n) is 4.39. The topological polar surface area (TPSA) is 78.4 Å². The van der Waals surface area contributed by atoms with Crippen LogP contribution in [0.3, 0.4) is 0 Å². The highest BCUT2D eigenvalue weighted by Crippen LogP contribution is 2.22. The van der Waals surface area contributed by atoms with Crippen LogP contribution in [0.5, 0.6) is 0 Å². The molecule has 5 nitrogen and oxygen atoms in total. The van der Waals surface area contributed by atoms with Gasteiger partial charge in [0.25, 0.3) is 0 Å². The van der Waals surface area contributed by atoms with Gasteiger partial charge in [0.2, 0.25) is 0 Å². The van der Waals surface area contributed by atoms with E-state index < -0.39 is 12.0 Å². The summed E-state index contributed by atoms with van der Waals surface area (Å²) in [6, 6.07) is 11.4. The van der Waals surface area contributed by atoms with Gasteiger partial charge in [-0.3, -0.25) is 0 Å². The van der Waals surface area contributed by atoms with E-state index in [0.29, 0.717) is 10.2 Å². The number of anilines is 2. The summed E-state index contributed by atoms with van der Waals surface area (Å²) in [6.07, 6.45) is 0. The van der Waals surface area contributed by atoms with E-state index in [0.717, 1.165) is 5.56 Å². The number of carboxylic acids is 1. The highest BCUT2D eigenvalue weighted by molar-refractivity contribution is 9.10. The van der Waals surface area contributed by atoms with Crippen LogP contribution in [0.4, 0.5) is 16.2 Å². The molecule has 0 unspecified atom stereocenters. The molecule has 0 aliphatic rings. The lowest BCUT2D eigenvalue weighted by Crippen LogP contribution is -2.21. The second kappa shape index (κ2) is 6.41. The second-order valence-corrected chi connectivity index (χ2v) is 5.30. The number of amides is 2. The molecule has 0 aliphatic carbocycles. The third-order valence-electron chi connectivity index (χ3n) is 2.85. The van der Waals surface area contributed by atoms with Gasteiger partial charge in [0.15, 0.2) is 0 Å². The third kappa shape index (κ3) is 3.82. The van der Waals surface area contributed by atoms with E-state index in [2.05, 4.69) is 26.6 Å². The first-order valence-corrected chi connectivity index (χ1v) is 6.93. The summed E-state index contributed by atoms with van der Waals surface area (Å²) in [6.45, 7) is 1.87. The Morgan fingerprint density at radius 2 is 1.71 bits per heavy atom. The molecule has 0 heterocycles. The van der Waals surface area contributed by atoms with Gasteiger partial charge >= 0.3 is 12.0 Å². The summed E-state index contributed by atoms with van der Waals surface area (Å²) in [5.41, 5.74) is 1.84. The number of carbonyl (C=O) groups excluding carboxylic acids is 1. The van der Waals surface area contributed by atoms with Crippen LogP contribution in [0.2, 0.25) is 0 Å². The van der Waals surface area contributed by atoms with E-state index >= 15 is 0 Å². The first-order valence-electron chi connectivity index (χ1n) is 6.14. The van der Waals surface area contributed by atoms with E-state index in [-0.39, 0.29) is 11.3 Å². The molecule has 0 saturated carbocycles. The molecule has 0 atom stereocenters. The minimum absolute atomic E-state index is 0.0260. The van der Waals surface area contributed by atoms with Gasteiger partial charge in [-0.15, -0.1) is 0 Å². The number of aryl methyl sites for hydroxylation is 1. The Kier molecular flexibility index (Phi) is 4.59. The van der Waals surface area contributed by atoms with Crippen molar-refractivity contribution in [3.05, 3.63) is 58.1 Å². The van der Waals surface area contributed by atoms with Crippen LogP contribution in [0.25, 0.3) is 0 Å². The standard InChI is InChI=1S/C15H13BrN2O3/c1-9-4-2-3-5-12(9)17-15(21)18-13-8-10(16)6-7-11(13)14(19)20/h2-8H,1H3,(H,19,20)(H2,17,18,21). The van der Waals surface area contributed by atoms with Crippen LogP contribution >= 0.6 is 15.9 Å². The Morgan fingerprint density at radius 1 is 1.05 bits per heavy atom. The molecule has 2 aromatic rings. The average Bonchev–Trinajstić information content (AvgIpc) is 2.41. The molecule has 0 aliphatic heterocycles. The van der Waals surface area contributed by atoms with Gasteiger partial charge in [0.1, 0.15) is 0 Å². The Hall–Kier alpha value is -2.34. The molecule has 108 valence electrons. The molecule has 6 heteroatoms. The van der Waals surface area contributed by atoms with Gasteiger partial charge in [0, 0.05) is 10.2 Å². The number of urea groups is 1. The van der Waals surface area contributed by atoms with Crippen molar-refractivity contribution in [2.45, 2.75) is 6.92 Å². The summed E-state index contributed by atoms with van der Waals surface area (Å²) in [4.78, 5) is 23.1. The van der Waals surface area contributed by atoms with E-state index in [9.17, 15) is 9.59 Å². The summed E-state index contributed by atoms with van der Waals surface area (Å²) in [5.74, 6) is -1.10. The van der Waals surface area contributed by atoms with Crippen LogP contribution in [-0.4, -0.2) is 17.1 Å². The highest BCUT2D eigenvalue weighted by Gasteiger charge is 2.13. The Bertz CT molecular complexity index is 701. The van der Waals surface area contributed by atoms with Crippen LogP contribution in [-0.2, 0) is 0 Å². The van der Waals surface area contributed by atoms with E-state index in [1.54, 1.807) is 18.2 Å². The fourth-order valence-electron chi connectivity index (χ4n) is 1.80. The zero-order valence-electron chi connectivity index (χ0n) is 11.2. The smallest absolute Gasteiger partial charge is 0.337 e. The molecule has 0 spiro atoms. The van der Waals surface area contributed by atoms with Crippen LogP contribution in [0.15, 0.2) is 46.9 Å². The molecule has 3 N–H and O–H groups in total. The number of carbonyl (C=O) groups is 2. The number of aromatic carboxylic acids is 1. The molecular formula is C15H13BrN2O3. The molecule has 2 aromatic carbocycles. The van der Waals surface area contributed by atoms with Gasteiger partial charge in [-0.2, -0.15) is 0 Å². The molecule has 21 heavy (non-hydrogen) atoms. The minimum Gasteiger partial charge on any atom is -0.478 e. The number of rotatable bonds is 3. The Labute approximate surface area is 130 Å². The van der Waals surface area contributed by atoms with Crippen molar-refractivity contribution in [2.75, 3.05) is 10.6 Å². The first kappa shape index (κ1) is 15.1. The summed E-state index contributed by atoms with van der Waals surface area (Å²) in [5, 5.41) is 14.3. The predicted molar refractivity (Wildman–Crippen MR) is 84.9 cm³/mol. The fraction of sp³-hybridized carbons (Fsp3) is 0.0667. The predicted octanol–water partition coefficient (Wildman–Crippen LogP) is 4.10. The van der Waals surface area contributed by atoms with Crippen molar-refractivity contribution in [3.8, 4) is 0 Å². The van der Waals surface area contributed by atoms with Gasteiger partial charge in [-0.1, -0.05) is 34.1 Å². The van der Waals surface area contributed by atoms with Gasteiger partial charge in [-0.25, -0.2) is 9.59 Å². The lowest BCUT2D eigenvalue weighted by atomic mass is 10.2. The monoisotopic (exact) mass is 348 g/mol. The molecule has 2 amide bonds. The lowest BCUT2D eigenvalue weighted by Gasteiger charge is -2.11. The fourth-order valence-corrected chi connectivity index (χ4v) is 2.16. The summed E-state index contributed by atoms with van der Waals surface area (Å²) in [7, 11) is 0. The van der Waals surface area contributed by atoms with Crippen molar-refractivity contribution in [1.29, 1.82) is 0 Å². The van der Waals surface area contributed by atoms with Crippen LogP contribution in [0.1, 0.15) is 15.9 Å². The van der Waals surface area contributed by atoms with E-state index in [1.165, 1.54) is 6.07 Å². The average molecular weight is 349 g/mol. The Morgan fingerprint density at radius 3 is 2.38 bits per heavy atom. The molecular weight excluding hydrogens is 336 g/mol. The first-order chi connectivity index (χ1) is 9.97. The van der Waals surface area contributed by atoms with E-state index in [1.807, 2.05) is 25.1 Å². The maximum Gasteiger partial charge on any atom is 0.337 e. The third-order valence-corrected chi connectivity index (χ3v) is 3.35. The number of para-hydroxylation sites is 1. The maximum atomic E-state index is 12.0. The minimum atomic E-state index is -1.10. The SMILES string of the molecule is Cc1ccccc1NC(=O)Nc1cc(Br)ccc1C(=O)O. The van der Waals surface area contributed by atoms with Gasteiger partial charge in [0.05, 0.1) is 11.3 Å². The number of nitrogens with one attached hydrogen (secondary N) is 2. The maximum absolute atomic E-state index is 12.0. The highest BCUT2D eigenvalue weighted by atomic mass is 79.9. The molecule has 0 saturated heterocycles. The van der Waals surface area contributed by atoms with Crippen molar-refractivity contribution >= 4 is 39.3 Å². The zero-order valence-corrected chi connectivity index (χ0v) is 12.8. The van der Waals surface area contributed by atoms with Crippen molar-refractivity contribution < 1.29 is 14.7 Å². The van der Waals surface area contributed by atoms with Gasteiger partial charge < -0.3 is 15.7 Å². The molecule has 0 aromatic heterocycles. The van der Waals surface area contributed by atoms with Gasteiger partial charge in [-0.05, 0) is 36.8 Å². The summed E-state index contributed by atoms with van der Waals surface area (Å²) < 4.78 is 0.679.